The molecule has 0 aliphatic carbocycles. The van der Waals surface area contributed by atoms with E-state index in [2.05, 4.69) is 23.7 Å². The van der Waals surface area contributed by atoms with E-state index in [0.29, 0.717) is 35.7 Å². The van der Waals surface area contributed by atoms with Crippen molar-refractivity contribution in [2.75, 3.05) is 5.75 Å². The highest BCUT2D eigenvalue weighted by molar-refractivity contribution is 7.99. The molecule has 2 heterocycles. The van der Waals surface area contributed by atoms with E-state index >= 15 is 0 Å². The first kappa shape index (κ1) is 18.3. The molecule has 0 aromatic carbocycles. The van der Waals surface area contributed by atoms with Crippen molar-refractivity contribution >= 4 is 33.3 Å². The fraction of sp³-hybridized carbons (Fsp3) is 0.412. The van der Waals surface area contributed by atoms with E-state index in [1.807, 2.05) is 13.8 Å². The summed E-state index contributed by atoms with van der Waals surface area (Å²) in [6.45, 7) is 8.02. The van der Waals surface area contributed by atoms with Crippen LogP contribution in [0, 0.1) is 42.4 Å². The van der Waals surface area contributed by atoms with Crippen LogP contribution in [0.15, 0.2) is 22.6 Å². The molecule has 0 saturated carbocycles. The average molecular weight is 358 g/mol. The highest BCUT2D eigenvalue weighted by Gasteiger charge is 2.17. The highest BCUT2D eigenvalue weighted by atomic mass is 32.2. The number of fused-ring (bicyclic) bond motifs is 1. The topological polar surface area (TPSA) is 82.5 Å². The molecule has 0 amide bonds. The zero-order valence-electron chi connectivity index (χ0n) is 13.7. The van der Waals surface area contributed by atoms with E-state index in [1.54, 1.807) is 10.6 Å². The first-order chi connectivity index (χ1) is 11.5. The molecule has 1 atom stereocenters. The quantitative estimate of drug-likeness (QED) is 0.427. The Balaban J connectivity index is 2.40. The first-order valence-electron chi connectivity index (χ1n) is 7.54. The summed E-state index contributed by atoms with van der Waals surface area (Å²) in [7, 11) is 0. The maximum absolute atomic E-state index is 12.8. The second kappa shape index (κ2) is 8.14. The molecular weight excluding hydrogens is 340 g/mol. The third-order valence-corrected chi connectivity index (χ3v) is 6.01. The van der Waals surface area contributed by atoms with Crippen molar-refractivity contribution in [1.82, 2.24) is 9.55 Å². The number of rotatable bonds is 7. The number of aromatic nitrogens is 2. The molecule has 0 spiro atoms. The maximum atomic E-state index is 12.8. The number of nitriles is 2. The summed E-state index contributed by atoms with van der Waals surface area (Å²) in [4.78, 5) is 19.3. The van der Waals surface area contributed by atoms with Gasteiger partial charge in [0.1, 0.15) is 4.83 Å². The summed E-state index contributed by atoms with van der Waals surface area (Å²) < 4.78 is 1.61. The average Bonchev–Trinajstić information content (AvgIpc) is 2.85. The van der Waals surface area contributed by atoms with Crippen molar-refractivity contribution < 1.29 is 0 Å². The van der Waals surface area contributed by atoms with Crippen molar-refractivity contribution in [3.05, 3.63) is 33.4 Å². The molecule has 124 valence electrons. The first-order valence-corrected chi connectivity index (χ1v) is 9.34. The lowest BCUT2D eigenvalue weighted by Gasteiger charge is -2.11. The van der Waals surface area contributed by atoms with E-state index in [4.69, 9.17) is 5.26 Å². The van der Waals surface area contributed by atoms with Gasteiger partial charge in [0, 0.05) is 23.6 Å². The van der Waals surface area contributed by atoms with Crippen LogP contribution < -0.4 is 5.56 Å². The van der Waals surface area contributed by atoms with Crippen LogP contribution in [0.4, 0.5) is 0 Å². The monoisotopic (exact) mass is 358 g/mol. The normalized spacial score (nSPS) is 11.8. The zero-order chi connectivity index (χ0) is 17.7. The van der Waals surface area contributed by atoms with E-state index < -0.39 is 0 Å². The van der Waals surface area contributed by atoms with Crippen molar-refractivity contribution in [3.63, 3.8) is 0 Å². The van der Waals surface area contributed by atoms with Gasteiger partial charge in [-0.3, -0.25) is 9.36 Å². The van der Waals surface area contributed by atoms with E-state index in [1.165, 1.54) is 23.1 Å². The molecule has 0 aliphatic rings. The summed E-state index contributed by atoms with van der Waals surface area (Å²) >= 11 is 2.91. The van der Waals surface area contributed by atoms with Gasteiger partial charge in [0.15, 0.2) is 5.16 Å². The molecule has 0 aliphatic heterocycles. The van der Waals surface area contributed by atoms with Gasteiger partial charge in [-0.05, 0) is 25.8 Å². The van der Waals surface area contributed by atoms with Crippen LogP contribution >= 0.6 is 23.1 Å². The molecule has 0 unspecified atom stereocenters. The second-order valence-electron chi connectivity index (χ2n) is 5.40. The van der Waals surface area contributed by atoms with Gasteiger partial charge in [0.2, 0.25) is 0 Å². The molecule has 0 radical (unpaired) electrons. The van der Waals surface area contributed by atoms with Gasteiger partial charge >= 0.3 is 0 Å². The van der Waals surface area contributed by atoms with Gasteiger partial charge in [0.05, 0.1) is 23.4 Å². The Morgan fingerprint density at radius 3 is 2.83 bits per heavy atom. The summed E-state index contributed by atoms with van der Waals surface area (Å²) in [6.07, 6.45) is 2.56. The largest absolute Gasteiger partial charge is 0.283 e. The summed E-state index contributed by atoms with van der Waals surface area (Å²) in [5, 5.41) is 19.1. The van der Waals surface area contributed by atoms with Gasteiger partial charge in [-0.15, -0.1) is 17.9 Å². The lowest BCUT2D eigenvalue weighted by molar-refractivity contribution is 0.660. The molecule has 0 fully saturated rings. The van der Waals surface area contributed by atoms with Crippen molar-refractivity contribution in [3.8, 4) is 12.1 Å². The molecule has 0 bridgehead atoms. The molecule has 2 aromatic heterocycles. The smallest absolute Gasteiger partial charge is 0.263 e. The summed E-state index contributed by atoms with van der Waals surface area (Å²) in [5.41, 5.74) is 0.917. The Hall–Kier alpha value is -2.09. The molecular formula is C17H18N4OS2. The Morgan fingerprint density at radius 2 is 2.21 bits per heavy atom. The number of allylic oxidation sites excluding steroid dienone is 1. The van der Waals surface area contributed by atoms with Crippen molar-refractivity contribution in [2.45, 2.75) is 38.4 Å². The van der Waals surface area contributed by atoms with Crippen molar-refractivity contribution in [1.29, 1.82) is 10.5 Å². The number of hydrogen-bond donors (Lipinski definition) is 0. The predicted molar refractivity (Wildman–Crippen MR) is 98.2 cm³/mol. The number of thioether (sulfide) groups is 1. The van der Waals surface area contributed by atoms with Gasteiger partial charge in [0.25, 0.3) is 5.56 Å². The molecule has 24 heavy (non-hydrogen) atoms. The Morgan fingerprint density at radius 1 is 1.46 bits per heavy atom. The Kier molecular flexibility index (Phi) is 6.19. The molecule has 0 saturated heterocycles. The minimum Gasteiger partial charge on any atom is -0.283 e. The van der Waals surface area contributed by atoms with Gasteiger partial charge in [-0.1, -0.05) is 17.8 Å². The van der Waals surface area contributed by atoms with Crippen LogP contribution in [0.25, 0.3) is 10.2 Å². The van der Waals surface area contributed by atoms with Crippen molar-refractivity contribution in [2.24, 2.45) is 5.92 Å². The van der Waals surface area contributed by atoms with Crippen LogP contribution in [0.2, 0.25) is 0 Å². The number of aryl methyl sites for hydroxylation is 2. The number of hydrogen-bond acceptors (Lipinski definition) is 6. The van der Waals surface area contributed by atoms with Crippen LogP contribution in [0.1, 0.15) is 23.3 Å². The van der Waals surface area contributed by atoms with Gasteiger partial charge in [-0.25, -0.2) is 4.98 Å². The Bertz CT molecular complexity index is 898. The fourth-order valence-electron chi connectivity index (χ4n) is 2.31. The minimum atomic E-state index is -0.230. The van der Waals surface area contributed by atoms with Crippen LogP contribution in [-0.4, -0.2) is 15.3 Å². The fourth-order valence-corrected chi connectivity index (χ4v) is 4.45. The van der Waals surface area contributed by atoms with E-state index in [0.717, 1.165) is 15.3 Å². The van der Waals surface area contributed by atoms with Crippen LogP contribution in [0.5, 0.6) is 0 Å². The van der Waals surface area contributed by atoms with Gasteiger partial charge < -0.3 is 0 Å². The zero-order valence-corrected chi connectivity index (χ0v) is 15.3. The van der Waals surface area contributed by atoms with Crippen LogP contribution in [0.3, 0.4) is 0 Å². The summed E-state index contributed by atoms with van der Waals surface area (Å²) in [5.74, 6) is 0.280. The maximum Gasteiger partial charge on any atom is 0.263 e. The van der Waals surface area contributed by atoms with E-state index in [9.17, 15) is 10.1 Å². The lowest BCUT2D eigenvalue weighted by Crippen LogP contribution is -2.23. The molecule has 2 rings (SSSR count). The molecule has 2 aromatic rings. The predicted octanol–water partition coefficient (Wildman–Crippen LogP) is 3.80. The van der Waals surface area contributed by atoms with Gasteiger partial charge in [-0.2, -0.15) is 10.5 Å². The standard InChI is InChI=1S/C17H18N4OS2/c1-4-8-21-16(22)14-11(2)12(3)24-15(14)20-17(21)23-10-13(9-19)6-5-7-18/h4,13H,1,5-6,8,10H2,2-3H3/t13-/m0/s1. The highest BCUT2D eigenvalue weighted by Crippen LogP contribution is 2.29. The SMILES string of the molecule is C=CCn1c(SC[C@H](C#N)CCC#N)nc2sc(C)c(C)c2c1=O. The van der Waals surface area contributed by atoms with Crippen LogP contribution in [-0.2, 0) is 6.54 Å². The molecule has 7 heteroatoms. The second-order valence-corrected chi connectivity index (χ2v) is 7.59. The molecule has 5 nitrogen and oxygen atoms in total. The Labute approximate surface area is 149 Å². The van der Waals surface area contributed by atoms with E-state index in [-0.39, 0.29) is 11.5 Å². The number of nitrogens with zero attached hydrogens (tertiary/aromatic N) is 4. The minimum absolute atomic E-state index is 0.0604. The third-order valence-electron chi connectivity index (χ3n) is 3.77. The summed E-state index contributed by atoms with van der Waals surface area (Å²) in [6, 6.07) is 4.28. The lowest BCUT2D eigenvalue weighted by atomic mass is 10.1. The number of thiophene rings is 1. The third kappa shape index (κ3) is 3.69. The molecule has 0 N–H and O–H groups in total.